The molecule has 2 aliphatic carbocycles. The van der Waals surface area contributed by atoms with Crippen LogP contribution < -0.4 is 0 Å². The predicted octanol–water partition coefficient (Wildman–Crippen LogP) is 1.97. The second kappa shape index (κ2) is 10.9. The maximum atomic E-state index is 10.1. The molecule has 194 valence electrons. The van der Waals surface area contributed by atoms with E-state index in [1.165, 1.54) is 55.3 Å². The number of rotatable bonds is 6. The molecule has 5 rings (SSSR count). The number of aliphatic carboxylic acids is 2. The average molecular weight is 499 g/mol. The number of benzene rings is 1. The molecule has 0 unspecified atom stereocenters. The number of phenolic OH excluding ortho intramolecular Hbond substituents is 1. The molecule has 0 spiro atoms. The number of carboxylic acids is 2. The molecule has 2 bridgehead atoms. The normalized spacial score (nSPS) is 26.4. The summed E-state index contributed by atoms with van der Waals surface area (Å²) in [7, 11) is 0. The van der Waals surface area contributed by atoms with Crippen LogP contribution in [0.2, 0.25) is 0 Å². The van der Waals surface area contributed by atoms with Crippen LogP contribution in [0.15, 0.2) is 42.7 Å². The van der Waals surface area contributed by atoms with E-state index in [-0.39, 0.29) is 0 Å². The fourth-order valence-corrected chi connectivity index (χ4v) is 6.44. The van der Waals surface area contributed by atoms with Crippen LogP contribution in [0.25, 0.3) is 0 Å². The number of hydrogen-bond donors (Lipinski definition) is 5. The summed E-state index contributed by atoms with van der Waals surface area (Å²) < 4.78 is 0. The summed E-state index contributed by atoms with van der Waals surface area (Å²) in [6.07, 6.45) is 8.16. The van der Waals surface area contributed by atoms with Crippen LogP contribution in [0.3, 0.4) is 0 Å². The first-order chi connectivity index (χ1) is 17.2. The first kappa shape index (κ1) is 26.1. The standard InChI is InChI=1S/C23H28N2O.C4H6O6/c26-19-5-4-18-15-22-20-3-1-2-9-23(20,21(18)16-19)10-14-25(22)13-8-17-6-11-24-12-7-17;5-1(3(7)8)2(6)4(9)10/h4-7,11-12,16,20,22,26H,1-3,8-10,13-15H2;1-2,5-6H,(H,7,8)(H,9,10)/t20-,22+,23+;1-,2-/m01/s1. The van der Waals surface area contributed by atoms with Gasteiger partial charge in [-0.1, -0.05) is 18.9 Å². The highest BCUT2D eigenvalue weighted by atomic mass is 16.4. The van der Waals surface area contributed by atoms with Gasteiger partial charge in [0.15, 0.2) is 12.2 Å². The number of piperidine rings is 1. The minimum atomic E-state index is -2.27. The second-order valence-corrected chi connectivity index (χ2v) is 10.1. The number of aliphatic hydroxyl groups excluding tert-OH is 2. The van der Waals surface area contributed by atoms with E-state index in [1.807, 2.05) is 18.5 Å². The van der Waals surface area contributed by atoms with E-state index in [0.29, 0.717) is 17.2 Å². The number of aromatic nitrogens is 1. The van der Waals surface area contributed by atoms with Gasteiger partial charge in [-0.2, -0.15) is 0 Å². The van der Waals surface area contributed by atoms with Crippen molar-refractivity contribution in [2.45, 2.75) is 68.6 Å². The topological polar surface area (TPSA) is 151 Å². The molecule has 2 fully saturated rings. The van der Waals surface area contributed by atoms with Gasteiger partial charge in [0.2, 0.25) is 0 Å². The zero-order valence-corrected chi connectivity index (χ0v) is 20.2. The fourth-order valence-electron chi connectivity index (χ4n) is 6.44. The highest BCUT2D eigenvalue weighted by molar-refractivity contribution is 5.83. The summed E-state index contributed by atoms with van der Waals surface area (Å²) in [6.45, 7) is 2.34. The van der Waals surface area contributed by atoms with Crippen molar-refractivity contribution in [3.63, 3.8) is 0 Å². The molecular formula is C27H34N2O7. The lowest BCUT2D eigenvalue weighted by Gasteiger charge is -2.59. The van der Waals surface area contributed by atoms with Crippen molar-refractivity contribution in [3.8, 4) is 5.75 Å². The Morgan fingerprint density at radius 2 is 1.72 bits per heavy atom. The molecule has 3 aliphatic rings. The van der Waals surface area contributed by atoms with E-state index in [0.717, 1.165) is 25.3 Å². The average Bonchev–Trinajstić information content (AvgIpc) is 2.88. The summed E-state index contributed by atoms with van der Waals surface area (Å²) >= 11 is 0. The van der Waals surface area contributed by atoms with E-state index in [2.05, 4.69) is 34.1 Å². The number of pyridine rings is 1. The van der Waals surface area contributed by atoms with Gasteiger partial charge in [0, 0.05) is 30.4 Å². The number of likely N-dealkylation sites (tertiary alicyclic amines) is 1. The van der Waals surface area contributed by atoms with Crippen molar-refractivity contribution >= 4 is 11.9 Å². The Balaban J connectivity index is 0.000000261. The molecule has 2 aromatic rings. The third-order valence-corrected chi connectivity index (χ3v) is 8.18. The molecule has 5 atom stereocenters. The molecule has 1 aromatic carbocycles. The molecule has 1 aliphatic heterocycles. The number of aromatic hydroxyl groups is 1. The third-order valence-electron chi connectivity index (χ3n) is 8.18. The molecule has 5 N–H and O–H groups in total. The molecule has 2 heterocycles. The second-order valence-electron chi connectivity index (χ2n) is 10.1. The Kier molecular flexibility index (Phi) is 7.92. The summed E-state index contributed by atoms with van der Waals surface area (Å²) in [5.41, 5.74) is 4.68. The zero-order valence-electron chi connectivity index (χ0n) is 20.2. The summed E-state index contributed by atoms with van der Waals surface area (Å²) in [5, 5.41) is 42.6. The Morgan fingerprint density at radius 1 is 1.03 bits per heavy atom. The van der Waals surface area contributed by atoms with E-state index in [9.17, 15) is 14.7 Å². The highest BCUT2D eigenvalue weighted by Gasteiger charge is 2.53. The van der Waals surface area contributed by atoms with Crippen molar-refractivity contribution in [2.75, 3.05) is 13.1 Å². The summed E-state index contributed by atoms with van der Waals surface area (Å²) in [6, 6.07) is 11.1. The van der Waals surface area contributed by atoms with Crippen LogP contribution in [0.5, 0.6) is 5.75 Å². The van der Waals surface area contributed by atoms with Gasteiger partial charge in [-0.15, -0.1) is 0 Å². The molecule has 9 heteroatoms. The van der Waals surface area contributed by atoms with Crippen LogP contribution in [-0.2, 0) is 27.8 Å². The molecule has 0 radical (unpaired) electrons. The molecule has 1 saturated carbocycles. The minimum Gasteiger partial charge on any atom is -0.508 e. The van der Waals surface area contributed by atoms with Gasteiger partial charge in [-0.3, -0.25) is 9.88 Å². The van der Waals surface area contributed by atoms with E-state index in [1.54, 1.807) is 0 Å². The first-order valence-corrected chi connectivity index (χ1v) is 12.5. The number of aliphatic hydroxyl groups is 2. The van der Waals surface area contributed by atoms with Crippen molar-refractivity contribution < 1.29 is 35.1 Å². The predicted molar refractivity (Wildman–Crippen MR) is 131 cm³/mol. The van der Waals surface area contributed by atoms with Gasteiger partial charge in [0.1, 0.15) is 5.75 Å². The van der Waals surface area contributed by atoms with Crippen LogP contribution in [-0.4, -0.2) is 78.7 Å². The summed E-state index contributed by atoms with van der Waals surface area (Å²) in [5.74, 6) is -2.33. The largest absolute Gasteiger partial charge is 0.508 e. The van der Waals surface area contributed by atoms with Crippen molar-refractivity contribution in [3.05, 3.63) is 59.4 Å². The fraction of sp³-hybridized carbons (Fsp3) is 0.519. The summed E-state index contributed by atoms with van der Waals surface area (Å²) in [4.78, 5) is 26.5. The van der Waals surface area contributed by atoms with Crippen molar-refractivity contribution in [1.82, 2.24) is 9.88 Å². The maximum absolute atomic E-state index is 10.1. The van der Waals surface area contributed by atoms with E-state index < -0.39 is 24.1 Å². The van der Waals surface area contributed by atoms with Crippen LogP contribution in [0.1, 0.15) is 48.8 Å². The maximum Gasteiger partial charge on any atom is 0.335 e. The number of phenols is 1. The first-order valence-electron chi connectivity index (χ1n) is 12.5. The Morgan fingerprint density at radius 3 is 2.39 bits per heavy atom. The zero-order chi connectivity index (χ0) is 25.9. The number of carboxylic acid groups (broad SMARTS) is 2. The molecule has 1 aromatic heterocycles. The van der Waals surface area contributed by atoms with Gasteiger partial charge >= 0.3 is 11.9 Å². The number of carbonyl (C=O) groups is 2. The van der Waals surface area contributed by atoms with E-state index in [4.69, 9.17) is 20.4 Å². The van der Waals surface area contributed by atoms with Gasteiger partial charge in [0.05, 0.1) is 0 Å². The quantitative estimate of drug-likeness (QED) is 0.402. The van der Waals surface area contributed by atoms with Gasteiger partial charge < -0.3 is 25.5 Å². The lowest BCUT2D eigenvalue weighted by molar-refractivity contribution is -0.165. The Bertz CT molecular complexity index is 1060. The van der Waals surface area contributed by atoms with Gasteiger partial charge in [0.25, 0.3) is 0 Å². The van der Waals surface area contributed by atoms with Crippen LogP contribution >= 0.6 is 0 Å². The SMILES string of the molecule is O=C(O)[C@H](O)[C@@H](O)C(=O)O.Oc1ccc2c(c1)[C@@]13CCCC[C@H]1[C@@H](C2)N(CCc1ccncc1)CC3. The molecular weight excluding hydrogens is 464 g/mol. The van der Waals surface area contributed by atoms with Gasteiger partial charge in [-0.25, -0.2) is 9.59 Å². The molecule has 36 heavy (non-hydrogen) atoms. The van der Waals surface area contributed by atoms with E-state index >= 15 is 0 Å². The third kappa shape index (κ3) is 5.23. The van der Waals surface area contributed by atoms with Crippen molar-refractivity contribution in [1.29, 1.82) is 0 Å². The minimum absolute atomic E-state index is 0.322. The van der Waals surface area contributed by atoms with Crippen LogP contribution in [0.4, 0.5) is 0 Å². The van der Waals surface area contributed by atoms with Crippen molar-refractivity contribution in [2.24, 2.45) is 5.92 Å². The number of hydrogen-bond acceptors (Lipinski definition) is 7. The molecule has 0 amide bonds. The number of fused-ring (bicyclic) bond motifs is 1. The molecule has 1 saturated heterocycles. The van der Waals surface area contributed by atoms with Gasteiger partial charge in [-0.05, 0) is 85.5 Å². The lowest BCUT2D eigenvalue weighted by Crippen LogP contribution is -2.61. The Hall–Kier alpha value is -3.01. The smallest absolute Gasteiger partial charge is 0.335 e. The highest BCUT2D eigenvalue weighted by Crippen LogP contribution is 2.56. The number of nitrogens with zero attached hydrogens (tertiary/aromatic N) is 2. The van der Waals surface area contributed by atoms with Crippen LogP contribution in [0, 0.1) is 5.92 Å². The molecule has 9 nitrogen and oxygen atoms in total. The lowest BCUT2D eigenvalue weighted by atomic mass is 9.52. The Labute approximate surface area is 210 Å². The monoisotopic (exact) mass is 498 g/mol.